The first-order valence-corrected chi connectivity index (χ1v) is 10.6. The average Bonchev–Trinajstić information content (AvgIpc) is 3.50. The molecule has 3 aromatic carbocycles. The number of hydrogen-bond acceptors (Lipinski definition) is 5. The molecule has 2 aliphatic rings. The van der Waals surface area contributed by atoms with Gasteiger partial charge in [-0.1, -0.05) is 18.2 Å². The fraction of sp³-hybridized carbons (Fsp3) is 0.269. The molecule has 1 N–H and O–H groups in total. The Kier molecular flexibility index (Phi) is 4.93. The maximum Gasteiger partial charge on any atom is 0.235 e. The summed E-state index contributed by atoms with van der Waals surface area (Å²) in [6.45, 7) is 2.27. The van der Waals surface area contributed by atoms with Gasteiger partial charge in [-0.25, -0.2) is 0 Å². The summed E-state index contributed by atoms with van der Waals surface area (Å²) in [6, 6.07) is 17.6. The summed E-state index contributed by atoms with van der Waals surface area (Å²) >= 11 is 0. The second kappa shape index (κ2) is 7.79. The van der Waals surface area contributed by atoms with E-state index < -0.39 is 5.41 Å². The third-order valence-corrected chi connectivity index (χ3v) is 6.30. The van der Waals surface area contributed by atoms with Gasteiger partial charge in [-0.15, -0.1) is 0 Å². The Bertz CT molecular complexity index is 1200. The van der Waals surface area contributed by atoms with Crippen molar-refractivity contribution >= 4 is 11.6 Å². The summed E-state index contributed by atoms with van der Waals surface area (Å²) in [5.41, 5.74) is 4.33. The number of amides is 1. The molecule has 1 fully saturated rings. The summed E-state index contributed by atoms with van der Waals surface area (Å²) in [5.74, 6) is 2.77. The highest BCUT2D eigenvalue weighted by atomic mass is 16.7. The molecule has 0 radical (unpaired) electrons. The number of rotatable bonds is 6. The lowest BCUT2D eigenvalue weighted by Crippen LogP contribution is -2.27. The van der Waals surface area contributed by atoms with Crippen LogP contribution in [0.5, 0.6) is 23.0 Å². The molecule has 164 valence electrons. The number of anilines is 1. The van der Waals surface area contributed by atoms with Crippen LogP contribution in [-0.4, -0.2) is 26.9 Å². The van der Waals surface area contributed by atoms with Gasteiger partial charge in [0, 0.05) is 5.69 Å². The molecule has 6 heteroatoms. The molecule has 0 aromatic heterocycles. The molecule has 0 saturated heterocycles. The fourth-order valence-electron chi connectivity index (χ4n) is 4.23. The van der Waals surface area contributed by atoms with Gasteiger partial charge in [0.05, 0.1) is 19.6 Å². The molecule has 1 saturated carbocycles. The summed E-state index contributed by atoms with van der Waals surface area (Å²) in [4.78, 5) is 13.3. The van der Waals surface area contributed by atoms with Crippen molar-refractivity contribution in [2.24, 2.45) is 0 Å². The van der Waals surface area contributed by atoms with Gasteiger partial charge >= 0.3 is 0 Å². The maximum atomic E-state index is 13.3. The molecular formula is C26H25NO5. The van der Waals surface area contributed by atoms with Gasteiger partial charge in [0.25, 0.3) is 0 Å². The van der Waals surface area contributed by atoms with E-state index in [0.29, 0.717) is 17.2 Å². The Morgan fingerprint density at radius 3 is 2.44 bits per heavy atom. The Morgan fingerprint density at radius 1 is 0.906 bits per heavy atom. The normalized spacial score (nSPS) is 15.2. The lowest BCUT2D eigenvalue weighted by atomic mass is 9.94. The molecule has 0 spiro atoms. The maximum absolute atomic E-state index is 13.3. The van der Waals surface area contributed by atoms with Gasteiger partial charge in [0.1, 0.15) is 0 Å². The van der Waals surface area contributed by atoms with Crippen LogP contribution in [-0.2, 0) is 10.2 Å². The molecule has 0 unspecified atom stereocenters. The Labute approximate surface area is 187 Å². The van der Waals surface area contributed by atoms with E-state index in [0.717, 1.165) is 46.5 Å². The van der Waals surface area contributed by atoms with E-state index in [2.05, 4.69) is 5.32 Å². The number of aryl methyl sites for hydroxylation is 1. The molecule has 1 aliphatic heterocycles. The zero-order valence-corrected chi connectivity index (χ0v) is 18.4. The van der Waals surface area contributed by atoms with Gasteiger partial charge in [-0.3, -0.25) is 4.79 Å². The molecule has 1 aliphatic carbocycles. The van der Waals surface area contributed by atoms with Crippen LogP contribution in [0.4, 0.5) is 5.69 Å². The first-order chi connectivity index (χ1) is 15.5. The van der Waals surface area contributed by atoms with Crippen LogP contribution in [0.1, 0.15) is 24.0 Å². The van der Waals surface area contributed by atoms with E-state index in [-0.39, 0.29) is 12.7 Å². The number of hydrogen-bond donors (Lipinski definition) is 1. The van der Waals surface area contributed by atoms with Crippen molar-refractivity contribution in [1.29, 1.82) is 0 Å². The molecular weight excluding hydrogens is 406 g/mol. The summed E-state index contributed by atoms with van der Waals surface area (Å²) in [7, 11) is 3.24. The minimum atomic E-state index is -0.518. The number of nitrogens with one attached hydrogen (secondary N) is 1. The van der Waals surface area contributed by atoms with Crippen molar-refractivity contribution in [3.05, 3.63) is 65.7 Å². The molecule has 0 bridgehead atoms. The highest BCUT2D eigenvalue weighted by Gasteiger charge is 2.51. The smallest absolute Gasteiger partial charge is 0.235 e. The van der Waals surface area contributed by atoms with E-state index in [4.69, 9.17) is 18.9 Å². The van der Waals surface area contributed by atoms with Crippen LogP contribution >= 0.6 is 0 Å². The van der Waals surface area contributed by atoms with Crippen LogP contribution in [0.3, 0.4) is 0 Å². The van der Waals surface area contributed by atoms with E-state index >= 15 is 0 Å². The van der Waals surface area contributed by atoms with E-state index in [9.17, 15) is 4.79 Å². The van der Waals surface area contributed by atoms with Crippen molar-refractivity contribution in [2.45, 2.75) is 25.2 Å². The second-order valence-electron chi connectivity index (χ2n) is 8.20. The van der Waals surface area contributed by atoms with Gasteiger partial charge in [0.15, 0.2) is 23.0 Å². The first kappa shape index (κ1) is 20.2. The third kappa shape index (κ3) is 3.42. The summed E-state index contributed by atoms with van der Waals surface area (Å²) < 4.78 is 21.7. The molecule has 6 nitrogen and oxygen atoms in total. The van der Waals surface area contributed by atoms with E-state index in [1.165, 1.54) is 0 Å². The van der Waals surface area contributed by atoms with Crippen LogP contribution in [0.2, 0.25) is 0 Å². The SMILES string of the molecule is COc1ccc(-c2cc(NC(=O)C3(c4ccc5c(c4)OCO5)CC3)ccc2C)cc1OC. The fourth-order valence-corrected chi connectivity index (χ4v) is 4.23. The number of carbonyl (C=O) groups is 1. The number of methoxy groups -OCH3 is 2. The van der Waals surface area contributed by atoms with E-state index in [1.807, 2.05) is 61.5 Å². The highest BCUT2D eigenvalue weighted by molar-refractivity contribution is 6.02. The van der Waals surface area contributed by atoms with Gasteiger partial charge in [0.2, 0.25) is 12.7 Å². The van der Waals surface area contributed by atoms with Gasteiger partial charge in [-0.05, 0) is 78.4 Å². The van der Waals surface area contributed by atoms with Gasteiger partial charge < -0.3 is 24.3 Å². The topological polar surface area (TPSA) is 66.0 Å². The average molecular weight is 431 g/mol. The zero-order valence-electron chi connectivity index (χ0n) is 18.4. The number of fused-ring (bicyclic) bond motifs is 1. The molecule has 1 heterocycles. The standard InChI is InChI=1S/C26H25NO5/c1-16-4-7-19(14-20(16)17-5-8-21(29-2)23(12-17)30-3)27-25(28)26(10-11-26)18-6-9-22-24(13-18)32-15-31-22/h4-9,12-14H,10-11,15H2,1-3H3,(H,27,28). The quantitative estimate of drug-likeness (QED) is 0.590. The number of benzene rings is 3. The molecule has 3 aromatic rings. The molecule has 1 amide bonds. The van der Waals surface area contributed by atoms with Crippen molar-refractivity contribution in [3.8, 4) is 34.1 Å². The van der Waals surface area contributed by atoms with Gasteiger partial charge in [-0.2, -0.15) is 0 Å². The summed E-state index contributed by atoms with van der Waals surface area (Å²) in [5, 5.41) is 3.13. The number of carbonyl (C=O) groups excluding carboxylic acids is 1. The van der Waals surface area contributed by atoms with Crippen LogP contribution in [0.25, 0.3) is 11.1 Å². The number of ether oxygens (including phenoxy) is 4. The second-order valence-corrected chi connectivity index (χ2v) is 8.20. The molecule has 0 atom stereocenters. The van der Waals surface area contributed by atoms with Crippen LogP contribution < -0.4 is 24.3 Å². The summed E-state index contributed by atoms with van der Waals surface area (Å²) in [6.07, 6.45) is 1.62. The lowest BCUT2D eigenvalue weighted by molar-refractivity contribution is -0.118. The van der Waals surface area contributed by atoms with Crippen molar-refractivity contribution in [3.63, 3.8) is 0 Å². The molecule has 5 rings (SSSR count). The Morgan fingerprint density at radius 2 is 1.69 bits per heavy atom. The third-order valence-electron chi connectivity index (χ3n) is 6.30. The monoisotopic (exact) mass is 431 g/mol. The van der Waals surface area contributed by atoms with E-state index in [1.54, 1.807) is 14.2 Å². The Hall–Kier alpha value is -3.67. The minimum absolute atomic E-state index is 0.00141. The first-order valence-electron chi connectivity index (χ1n) is 10.6. The van der Waals surface area contributed by atoms with Crippen molar-refractivity contribution in [1.82, 2.24) is 0 Å². The van der Waals surface area contributed by atoms with Crippen LogP contribution in [0, 0.1) is 6.92 Å². The predicted octanol–water partition coefficient (Wildman–Crippen LogP) is 5.08. The predicted molar refractivity (Wildman–Crippen MR) is 122 cm³/mol. The zero-order chi connectivity index (χ0) is 22.3. The molecule has 32 heavy (non-hydrogen) atoms. The largest absolute Gasteiger partial charge is 0.493 e. The van der Waals surface area contributed by atoms with Crippen molar-refractivity contribution < 1.29 is 23.7 Å². The van der Waals surface area contributed by atoms with Crippen molar-refractivity contribution in [2.75, 3.05) is 26.3 Å². The minimum Gasteiger partial charge on any atom is -0.493 e. The highest BCUT2D eigenvalue weighted by Crippen LogP contribution is 2.51. The lowest BCUT2D eigenvalue weighted by Gasteiger charge is -2.18. The Balaban J connectivity index is 1.41. The van der Waals surface area contributed by atoms with Crippen LogP contribution in [0.15, 0.2) is 54.6 Å².